The van der Waals surface area contributed by atoms with Crippen molar-refractivity contribution >= 4 is 7.60 Å². The topological polar surface area (TPSA) is 66.8 Å². The molecule has 3 aromatic rings. The minimum Gasteiger partial charge on any atom is -0.494 e. The molecule has 2 N–H and O–H groups in total. The second-order valence-electron chi connectivity index (χ2n) is 10.4. The van der Waals surface area contributed by atoms with Crippen LogP contribution in [0.15, 0.2) is 66.7 Å². The summed E-state index contributed by atoms with van der Waals surface area (Å²) in [4.78, 5) is 17.7. The molecule has 0 saturated heterocycles. The molecule has 0 amide bonds. The van der Waals surface area contributed by atoms with Crippen molar-refractivity contribution in [2.24, 2.45) is 0 Å². The molecule has 0 bridgehead atoms. The van der Waals surface area contributed by atoms with Crippen molar-refractivity contribution in [2.75, 3.05) is 12.8 Å². The van der Waals surface area contributed by atoms with Gasteiger partial charge in [-0.25, -0.2) is 4.39 Å². The predicted octanol–water partition coefficient (Wildman–Crippen LogP) is 9.57. The van der Waals surface area contributed by atoms with E-state index in [0.717, 1.165) is 73.8 Å². The van der Waals surface area contributed by atoms with E-state index in [1.165, 1.54) is 24.8 Å². The zero-order valence-corrected chi connectivity index (χ0v) is 24.2. The highest BCUT2D eigenvalue weighted by atomic mass is 31.2. The van der Waals surface area contributed by atoms with Crippen LogP contribution in [-0.4, -0.2) is 22.6 Å². The van der Waals surface area contributed by atoms with Gasteiger partial charge in [0.05, 0.1) is 6.61 Å². The van der Waals surface area contributed by atoms with Crippen molar-refractivity contribution in [3.05, 3.63) is 78.1 Å². The maximum absolute atomic E-state index is 15.0. The number of benzene rings is 3. The number of rotatable bonds is 18. The normalized spacial score (nSPS) is 11.6. The Kier molecular flexibility index (Phi) is 13.2. The highest BCUT2D eigenvalue weighted by Gasteiger charge is 2.11. The van der Waals surface area contributed by atoms with Crippen LogP contribution in [0.3, 0.4) is 0 Å². The van der Waals surface area contributed by atoms with Gasteiger partial charge in [0.2, 0.25) is 0 Å². The van der Waals surface area contributed by atoms with Gasteiger partial charge in [-0.2, -0.15) is 0 Å². The van der Waals surface area contributed by atoms with Gasteiger partial charge >= 0.3 is 7.60 Å². The Bertz CT molecular complexity index is 1160. The molecule has 212 valence electrons. The van der Waals surface area contributed by atoms with E-state index in [1.54, 1.807) is 6.07 Å². The molecule has 0 atom stereocenters. The highest BCUT2D eigenvalue weighted by Crippen LogP contribution is 2.35. The summed E-state index contributed by atoms with van der Waals surface area (Å²) in [7, 11) is -3.83. The van der Waals surface area contributed by atoms with Crippen molar-refractivity contribution in [3.63, 3.8) is 0 Å². The van der Waals surface area contributed by atoms with Crippen LogP contribution in [0.1, 0.15) is 83.1 Å². The first-order valence-corrected chi connectivity index (χ1v) is 16.3. The number of aryl methyl sites for hydroxylation is 1. The van der Waals surface area contributed by atoms with Crippen LogP contribution in [0.2, 0.25) is 0 Å². The monoisotopic (exact) mass is 554 g/mol. The molecule has 0 radical (unpaired) electrons. The fourth-order valence-corrected chi connectivity index (χ4v) is 5.41. The Labute approximate surface area is 233 Å². The fraction of sp³-hybridized carbons (Fsp3) is 0.455. The predicted molar refractivity (Wildman–Crippen MR) is 160 cm³/mol. The zero-order chi connectivity index (χ0) is 27.9. The summed E-state index contributed by atoms with van der Waals surface area (Å²) < 4.78 is 31.7. The van der Waals surface area contributed by atoms with Crippen molar-refractivity contribution in [1.82, 2.24) is 0 Å². The largest absolute Gasteiger partial charge is 0.494 e. The molecule has 39 heavy (non-hydrogen) atoms. The molecular formula is C33H44FO4P. The average Bonchev–Trinajstić information content (AvgIpc) is 2.92. The summed E-state index contributed by atoms with van der Waals surface area (Å²) in [5.74, 6) is 0.565. The van der Waals surface area contributed by atoms with Gasteiger partial charge in [-0.15, -0.1) is 0 Å². The van der Waals surface area contributed by atoms with Gasteiger partial charge in [0.1, 0.15) is 11.6 Å². The summed E-state index contributed by atoms with van der Waals surface area (Å²) in [5.41, 5.74) is 4.66. The molecule has 0 aliphatic rings. The summed E-state index contributed by atoms with van der Waals surface area (Å²) in [6.07, 6.45) is 12.7. The van der Waals surface area contributed by atoms with Gasteiger partial charge < -0.3 is 14.5 Å². The first-order chi connectivity index (χ1) is 18.9. The molecule has 0 spiro atoms. The minimum absolute atomic E-state index is 0.000783. The van der Waals surface area contributed by atoms with Crippen LogP contribution < -0.4 is 4.74 Å². The minimum atomic E-state index is -3.83. The standard InChI is InChI=1S/C33H44FO4P/c1-2-3-10-13-27-14-16-28(17-15-27)30-20-23-32(33(34)26-30)29-18-21-31(22-19-29)38-24-11-8-6-4-5-7-9-12-25-39(35,36)37/h14-23,26H,2-13,24-25H2,1H3,(H2,35,36,37). The summed E-state index contributed by atoms with van der Waals surface area (Å²) in [6.45, 7) is 2.87. The molecule has 0 aliphatic carbocycles. The van der Waals surface area contributed by atoms with E-state index in [-0.39, 0.29) is 12.0 Å². The molecule has 4 nitrogen and oxygen atoms in total. The van der Waals surface area contributed by atoms with Crippen LogP contribution in [0, 0.1) is 5.82 Å². The van der Waals surface area contributed by atoms with Gasteiger partial charge in [-0.1, -0.05) is 107 Å². The van der Waals surface area contributed by atoms with E-state index < -0.39 is 7.60 Å². The second-order valence-corrected chi connectivity index (χ2v) is 12.2. The number of unbranched alkanes of at least 4 members (excludes halogenated alkanes) is 9. The van der Waals surface area contributed by atoms with Crippen molar-refractivity contribution < 1.29 is 23.5 Å². The second kappa shape index (κ2) is 16.6. The molecule has 0 aliphatic heterocycles. The average molecular weight is 555 g/mol. The Hall–Kier alpha value is -2.46. The van der Waals surface area contributed by atoms with E-state index in [0.29, 0.717) is 18.6 Å². The molecule has 0 unspecified atom stereocenters. The molecule has 3 rings (SSSR count). The van der Waals surface area contributed by atoms with Crippen molar-refractivity contribution in [3.8, 4) is 28.0 Å². The van der Waals surface area contributed by atoms with E-state index in [2.05, 4.69) is 31.2 Å². The lowest BCUT2D eigenvalue weighted by molar-refractivity contribution is 0.304. The van der Waals surface area contributed by atoms with Gasteiger partial charge in [0.15, 0.2) is 0 Å². The van der Waals surface area contributed by atoms with Gasteiger partial charge in [-0.3, -0.25) is 4.57 Å². The molecule has 0 saturated carbocycles. The molecular weight excluding hydrogens is 510 g/mol. The molecule has 0 fully saturated rings. The molecule has 0 heterocycles. The highest BCUT2D eigenvalue weighted by molar-refractivity contribution is 7.51. The van der Waals surface area contributed by atoms with Gasteiger partial charge in [0, 0.05) is 11.7 Å². The zero-order valence-electron chi connectivity index (χ0n) is 23.3. The lowest BCUT2D eigenvalue weighted by Crippen LogP contribution is -1.97. The lowest BCUT2D eigenvalue weighted by atomic mass is 9.98. The first kappa shape index (κ1) is 31.1. The SMILES string of the molecule is CCCCCc1ccc(-c2ccc(-c3ccc(OCCCCCCCCCCP(=O)(O)O)cc3)c(F)c2)cc1. The van der Waals surface area contributed by atoms with E-state index in [9.17, 15) is 4.57 Å². The Morgan fingerprint density at radius 2 is 1.28 bits per heavy atom. The number of hydrogen-bond donors (Lipinski definition) is 2. The quantitative estimate of drug-likeness (QED) is 0.121. The Morgan fingerprint density at radius 3 is 1.90 bits per heavy atom. The summed E-state index contributed by atoms with van der Waals surface area (Å²) >= 11 is 0. The van der Waals surface area contributed by atoms with Crippen LogP contribution in [0.5, 0.6) is 5.75 Å². The smallest absolute Gasteiger partial charge is 0.325 e. The Balaban J connectivity index is 1.37. The maximum atomic E-state index is 15.0. The summed E-state index contributed by atoms with van der Waals surface area (Å²) in [6, 6.07) is 21.5. The third-order valence-corrected chi connectivity index (χ3v) is 8.00. The summed E-state index contributed by atoms with van der Waals surface area (Å²) in [5, 5.41) is 0. The van der Waals surface area contributed by atoms with Crippen LogP contribution >= 0.6 is 7.60 Å². The van der Waals surface area contributed by atoms with Crippen molar-refractivity contribution in [2.45, 2.75) is 84.0 Å². The van der Waals surface area contributed by atoms with E-state index >= 15 is 4.39 Å². The molecule has 6 heteroatoms. The fourth-order valence-electron chi connectivity index (χ4n) is 4.77. The maximum Gasteiger partial charge on any atom is 0.325 e. The number of hydrogen-bond acceptors (Lipinski definition) is 2. The third kappa shape index (κ3) is 11.7. The van der Waals surface area contributed by atoms with E-state index in [1.807, 2.05) is 36.4 Å². The number of ether oxygens (including phenoxy) is 1. The van der Waals surface area contributed by atoms with Gasteiger partial charge in [-0.05, 0) is 66.1 Å². The molecule has 3 aromatic carbocycles. The van der Waals surface area contributed by atoms with Crippen LogP contribution in [0.25, 0.3) is 22.3 Å². The van der Waals surface area contributed by atoms with Gasteiger partial charge in [0.25, 0.3) is 0 Å². The van der Waals surface area contributed by atoms with Crippen LogP contribution in [0.4, 0.5) is 4.39 Å². The number of halogens is 1. The van der Waals surface area contributed by atoms with E-state index in [4.69, 9.17) is 14.5 Å². The van der Waals surface area contributed by atoms with Crippen LogP contribution in [-0.2, 0) is 11.0 Å². The van der Waals surface area contributed by atoms with Crippen molar-refractivity contribution in [1.29, 1.82) is 0 Å². The third-order valence-electron chi connectivity index (χ3n) is 7.10. The molecule has 0 aromatic heterocycles. The lowest BCUT2D eigenvalue weighted by Gasteiger charge is -2.10. The Morgan fingerprint density at radius 1 is 0.692 bits per heavy atom. The first-order valence-electron chi connectivity index (χ1n) is 14.5.